The van der Waals surface area contributed by atoms with Crippen molar-refractivity contribution >= 4 is 23.1 Å². The van der Waals surface area contributed by atoms with Gasteiger partial charge in [-0.1, -0.05) is 31.5 Å². The summed E-state index contributed by atoms with van der Waals surface area (Å²) >= 11 is 5.87. The van der Waals surface area contributed by atoms with Crippen LogP contribution in [0.2, 0.25) is 5.15 Å². The van der Waals surface area contributed by atoms with Gasteiger partial charge in [0.1, 0.15) is 16.8 Å². The first-order valence-corrected chi connectivity index (χ1v) is 6.10. The Hall–Kier alpha value is -1.75. The maximum absolute atomic E-state index is 13.5. The fraction of sp³-hybridized carbons (Fsp3) is 0.231. The normalized spacial score (nSPS) is 10.8. The van der Waals surface area contributed by atoms with E-state index in [1.807, 2.05) is 13.8 Å². The van der Waals surface area contributed by atoms with Gasteiger partial charge in [-0.15, -0.1) is 0 Å². The number of nitrogens with zero attached hydrogens (tertiary/aromatic N) is 2. The third kappa shape index (κ3) is 3.17. The molecule has 0 saturated heterocycles. The highest BCUT2D eigenvalue weighted by atomic mass is 35.5. The molecule has 2 rings (SSSR count). The zero-order valence-electron chi connectivity index (χ0n) is 10.4. The number of benzene rings is 1. The molecule has 1 aromatic carbocycles. The van der Waals surface area contributed by atoms with Crippen molar-refractivity contribution in [3.8, 4) is 0 Å². The van der Waals surface area contributed by atoms with Gasteiger partial charge in [-0.25, -0.2) is 18.7 Å². The Kier molecular flexibility index (Phi) is 3.95. The van der Waals surface area contributed by atoms with Crippen molar-refractivity contribution in [3.63, 3.8) is 0 Å². The first kappa shape index (κ1) is 13.7. The molecule has 0 aliphatic heterocycles. The minimum atomic E-state index is -0.955. The van der Waals surface area contributed by atoms with Crippen LogP contribution >= 0.6 is 11.6 Å². The van der Waals surface area contributed by atoms with Crippen molar-refractivity contribution in [2.24, 2.45) is 0 Å². The molecule has 0 radical (unpaired) electrons. The second-order valence-electron chi connectivity index (χ2n) is 4.32. The highest BCUT2D eigenvalue weighted by Gasteiger charge is 2.11. The van der Waals surface area contributed by atoms with Crippen LogP contribution in [0.5, 0.6) is 0 Å². The molecule has 0 saturated carbocycles. The van der Waals surface area contributed by atoms with Crippen molar-refractivity contribution in [2.45, 2.75) is 19.8 Å². The second-order valence-corrected chi connectivity index (χ2v) is 4.70. The molecular weight excluding hydrogens is 272 g/mol. The Morgan fingerprint density at radius 2 is 1.95 bits per heavy atom. The first-order valence-electron chi connectivity index (χ1n) is 5.73. The van der Waals surface area contributed by atoms with Crippen molar-refractivity contribution in [1.29, 1.82) is 0 Å². The van der Waals surface area contributed by atoms with Crippen LogP contribution in [0.4, 0.5) is 20.3 Å². The molecule has 19 heavy (non-hydrogen) atoms. The summed E-state index contributed by atoms with van der Waals surface area (Å²) in [6.07, 6.45) is 0. The minimum Gasteiger partial charge on any atom is -0.338 e. The third-order valence-electron chi connectivity index (χ3n) is 2.44. The molecular formula is C13H12ClF2N3. The first-order chi connectivity index (χ1) is 8.97. The summed E-state index contributed by atoms with van der Waals surface area (Å²) < 4.78 is 26.6. The lowest BCUT2D eigenvalue weighted by Gasteiger charge is -2.10. The van der Waals surface area contributed by atoms with Crippen LogP contribution in [0.15, 0.2) is 24.3 Å². The maximum atomic E-state index is 13.5. The van der Waals surface area contributed by atoms with Gasteiger partial charge in [-0.2, -0.15) is 0 Å². The van der Waals surface area contributed by atoms with E-state index in [-0.39, 0.29) is 16.8 Å². The monoisotopic (exact) mass is 283 g/mol. The Bertz CT molecular complexity index is 602. The van der Waals surface area contributed by atoms with E-state index in [0.717, 1.165) is 6.07 Å². The highest BCUT2D eigenvalue weighted by molar-refractivity contribution is 6.29. The van der Waals surface area contributed by atoms with E-state index < -0.39 is 11.6 Å². The SMILES string of the molecule is CC(C)c1nc(Cl)cc(Nc2cccc(F)c2F)n1. The van der Waals surface area contributed by atoms with Gasteiger partial charge in [0.15, 0.2) is 11.6 Å². The van der Waals surface area contributed by atoms with Crippen molar-refractivity contribution < 1.29 is 8.78 Å². The maximum Gasteiger partial charge on any atom is 0.182 e. The molecule has 6 heteroatoms. The lowest BCUT2D eigenvalue weighted by Crippen LogP contribution is -2.03. The van der Waals surface area contributed by atoms with Crippen LogP contribution < -0.4 is 5.32 Å². The lowest BCUT2D eigenvalue weighted by molar-refractivity contribution is 0.511. The van der Waals surface area contributed by atoms with Gasteiger partial charge in [0, 0.05) is 12.0 Å². The van der Waals surface area contributed by atoms with Crippen LogP contribution in [-0.4, -0.2) is 9.97 Å². The lowest BCUT2D eigenvalue weighted by atomic mass is 10.2. The average Bonchev–Trinajstić information content (AvgIpc) is 2.34. The molecule has 0 unspecified atom stereocenters. The summed E-state index contributed by atoms with van der Waals surface area (Å²) in [4.78, 5) is 8.26. The fourth-order valence-corrected chi connectivity index (χ4v) is 1.69. The van der Waals surface area contributed by atoms with Crippen LogP contribution in [0.3, 0.4) is 0 Å². The van der Waals surface area contributed by atoms with Crippen molar-refractivity contribution in [2.75, 3.05) is 5.32 Å². The summed E-state index contributed by atoms with van der Waals surface area (Å²) in [6, 6.07) is 5.33. The molecule has 100 valence electrons. The number of hydrogen-bond donors (Lipinski definition) is 1. The summed E-state index contributed by atoms with van der Waals surface area (Å²) in [6.45, 7) is 3.83. The molecule has 0 aliphatic rings. The zero-order valence-corrected chi connectivity index (χ0v) is 11.2. The number of aromatic nitrogens is 2. The molecule has 3 nitrogen and oxygen atoms in total. The topological polar surface area (TPSA) is 37.8 Å². The predicted octanol–water partition coefficient (Wildman–Crippen LogP) is 4.28. The molecule has 1 aromatic heterocycles. The van der Waals surface area contributed by atoms with Crippen molar-refractivity contribution in [3.05, 3.63) is 46.9 Å². The Morgan fingerprint density at radius 3 is 2.63 bits per heavy atom. The summed E-state index contributed by atoms with van der Waals surface area (Å²) in [5, 5.41) is 2.95. The van der Waals surface area contributed by atoms with E-state index in [2.05, 4.69) is 15.3 Å². The van der Waals surface area contributed by atoms with E-state index in [1.165, 1.54) is 18.2 Å². The highest BCUT2D eigenvalue weighted by Crippen LogP contribution is 2.23. The second kappa shape index (κ2) is 5.48. The van der Waals surface area contributed by atoms with Crippen LogP contribution in [-0.2, 0) is 0 Å². The molecule has 0 spiro atoms. The summed E-state index contributed by atoms with van der Waals surface area (Å²) in [5.41, 5.74) is 0.00414. The van der Waals surface area contributed by atoms with Gasteiger partial charge in [-0.05, 0) is 12.1 Å². The van der Waals surface area contributed by atoms with Gasteiger partial charge in [0.05, 0.1) is 5.69 Å². The molecule has 1 heterocycles. The largest absolute Gasteiger partial charge is 0.338 e. The van der Waals surface area contributed by atoms with Crippen LogP contribution in [0.1, 0.15) is 25.6 Å². The van der Waals surface area contributed by atoms with E-state index in [1.54, 1.807) is 0 Å². The van der Waals surface area contributed by atoms with Gasteiger partial charge in [0.25, 0.3) is 0 Å². The molecule has 0 amide bonds. The number of rotatable bonds is 3. The smallest absolute Gasteiger partial charge is 0.182 e. The van der Waals surface area contributed by atoms with E-state index in [9.17, 15) is 8.78 Å². The number of halogens is 3. The van der Waals surface area contributed by atoms with Crippen molar-refractivity contribution in [1.82, 2.24) is 9.97 Å². The zero-order chi connectivity index (χ0) is 14.0. The quantitative estimate of drug-likeness (QED) is 0.855. The fourth-order valence-electron chi connectivity index (χ4n) is 1.50. The van der Waals surface area contributed by atoms with Crippen LogP contribution in [0.25, 0.3) is 0 Å². The molecule has 1 N–H and O–H groups in total. The third-order valence-corrected chi connectivity index (χ3v) is 2.64. The average molecular weight is 284 g/mol. The number of nitrogens with one attached hydrogen (secondary N) is 1. The standard InChI is InChI=1S/C13H12ClF2N3/c1-7(2)13-18-10(14)6-11(19-13)17-9-5-3-4-8(15)12(9)16/h3-7H,1-2H3,(H,17,18,19). The Morgan fingerprint density at radius 1 is 1.21 bits per heavy atom. The molecule has 0 aliphatic carbocycles. The van der Waals surface area contributed by atoms with E-state index in [4.69, 9.17) is 11.6 Å². The van der Waals surface area contributed by atoms with E-state index in [0.29, 0.717) is 11.6 Å². The van der Waals surface area contributed by atoms with Gasteiger partial charge < -0.3 is 5.32 Å². The van der Waals surface area contributed by atoms with E-state index >= 15 is 0 Å². The van der Waals surface area contributed by atoms with Gasteiger partial charge >= 0.3 is 0 Å². The Labute approximate surface area is 114 Å². The van der Waals surface area contributed by atoms with Gasteiger partial charge in [0.2, 0.25) is 0 Å². The molecule has 0 bridgehead atoms. The summed E-state index contributed by atoms with van der Waals surface area (Å²) in [5.74, 6) is -0.936. The molecule has 0 atom stereocenters. The van der Waals surface area contributed by atoms with Gasteiger partial charge in [-0.3, -0.25) is 0 Å². The van der Waals surface area contributed by atoms with Crippen LogP contribution in [0, 0.1) is 11.6 Å². The molecule has 2 aromatic rings. The summed E-state index contributed by atoms with van der Waals surface area (Å²) in [7, 11) is 0. The predicted molar refractivity (Wildman–Crippen MR) is 70.8 cm³/mol. The number of hydrogen-bond acceptors (Lipinski definition) is 3. The Balaban J connectivity index is 2.35. The number of anilines is 2. The molecule has 0 fully saturated rings. The minimum absolute atomic E-state index is 0.00414.